The monoisotopic (exact) mass is 523 g/mol. The van der Waals surface area contributed by atoms with Crippen LogP contribution in [0, 0.1) is 17.6 Å². The first-order valence-corrected chi connectivity index (χ1v) is 13.4. The molecule has 0 aliphatic carbocycles. The van der Waals surface area contributed by atoms with Gasteiger partial charge in [-0.25, -0.2) is 8.78 Å². The summed E-state index contributed by atoms with van der Waals surface area (Å²) in [4.78, 5) is 12.1. The zero-order valence-electron chi connectivity index (χ0n) is 19.2. The Labute approximate surface area is 212 Å². The van der Waals surface area contributed by atoms with Gasteiger partial charge in [-0.05, 0) is 54.8 Å². The molecule has 2 fully saturated rings. The highest BCUT2D eigenvalue weighted by Crippen LogP contribution is 2.52. The van der Waals surface area contributed by atoms with Gasteiger partial charge in [0, 0.05) is 28.5 Å². The minimum atomic E-state index is -0.664. The van der Waals surface area contributed by atoms with Crippen LogP contribution in [0.15, 0.2) is 36.4 Å². The molecule has 2 aromatic rings. The van der Waals surface area contributed by atoms with Gasteiger partial charge in [0.1, 0.15) is 5.82 Å². The lowest BCUT2D eigenvalue weighted by molar-refractivity contribution is -0.122. The number of ether oxygens (including phenoxy) is 3. The minimum absolute atomic E-state index is 0.00239. The minimum Gasteiger partial charge on any atom is -0.490 e. The lowest BCUT2D eigenvalue weighted by Crippen LogP contribution is -2.55. The number of hydrogen-bond donors (Lipinski definition) is 1. The number of rotatable bonds is 8. The second-order valence-electron chi connectivity index (χ2n) is 9.41. The Balaban J connectivity index is 1.35. The summed E-state index contributed by atoms with van der Waals surface area (Å²) < 4.78 is 47.1. The summed E-state index contributed by atoms with van der Waals surface area (Å²) in [5.74, 6) is -0.0612. The molecule has 9 heteroatoms. The highest BCUT2D eigenvalue weighted by molar-refractivity contribution is 7.99. The molecule has 3 atom stereocenters. The van der Waals surface area contributed by atoms with E-state index in [4.69, 9.17) is 25.8 Å². The van der Waals surface area contributed by atoms with Crippen LogP contribution in [0.2, 0.25) is 5.02 Å². The topological polar surface area (TPSA) is 56.8 Å². The van der Waals surface area contributed by atoms with E-state index in [9.17, 15) is 9.18 Å². The van der Waals surface area contributed by atoms with Crippen LogP contribution < -0.4 is 10.1 Å². The van der Waals surface area contributed by atoms with Crippen molar-refractivity contribution in [3.05, 3.63) is 64.2 Å². The third kappa shape index (κ3) is 5.17. The quantitative estimate of drug-likeness (QED) is 0.515. The molecule has 3 heterocycles. The number of carbonyl (C=O) groups is 1. The number of benzene rings is 2. The average Bonchev–Trinajstić information content (AvgIpc) is 2.82. The van der Waals surface area contributed by atoms with Crippen molar-refractivity contribution >= 4 is 29.3 Å². The van der Waals surface area contributed by atoms with Crippen LogP contribution in [0.3, 0.4) is 0 Å². The van der Waals surface area contributed by atoms with E-state index in [1.165, 1.54) is 6.07 Å². The van der Waals surface area contributed by atoms with Gasteiger partial charge in [-0.1, -0.05) is 23.7 Å². The largest absolute Gasteiger partial charge is 0.490 e. The van der Waals surface area contributed by atoms with Gasteiger partial charge >= 0.3 is 0 Å². The normalized spacial score (nSPS) is 25.7. The molecule has 0 radical (unpaired) electrons. The lowest BCUT2D eigenvalue weighted by atomic mass is 9.60. The van der Waals surface area contributed by atoms with Gasteiger partial charge in [0.25, 0.3) is 0 Å². The third-order valence-electron chi connectivity index (χ3n) is 7.22. The van der Waals surface area contributed by atoms with Gasteiger partial charge in [0.2, 0.25) is 5.91 Å². The van der Waals surface area contributed by atoms with E-state index in [0.717, 1.165) is 11.6 Å². The Morgan fingerprint density at radius 1 is 1.11 bits per heavy atom. The van der Waals surface area contributed by atoms with Crippen molar-refractivity contribution in [1.29, 1.82) is 0 Å². The van der Waals surface area contributed by atoms with E-state index in [1.807, 2.05) is 24.3 Å². The van der Waals surface area contributed by atoms with Gasteiger partial charge in [-0.2, -0.15) is 11.8 Å². The first-order valence-electron chi connectivity index (χ1n) is 11.9. The van der Waals surface area contributed by atoms with E-state index >= 15 is 4.39 Å². The van der Waals surface area contributed by atoms with Crippen LogP contribution in [0.25, 0.3) is 0 Å². The lowest BCUT2D eigenvalue weighted by Gasteiger charge is -2.51. The molecular formula is C26H28ClF2NO4S. The molecule has 0 unspecified atom stereocenters. The number of carbonyl (C=O) groups excluding carboxylic acids is 1. The molecule has 0 spiro atoms. The smallest absolute Gasteiger partial charge is 0.230 e. The molecule has 2 saturated heterocycles. The van der Waals surface area contributed by atoms with Crippen molar-refractivity contribution in [2.45, 2.75) is 36.8 Å². The molecule has 5 nitrogen and oxygen atoms in total. The number of halogens is 3. The molecule has 188 valence electrons. The fourth-order valence-electron chi connectivity index (χ4n) is 5.45. The third-order valence-corrected chi connectivity index (χ3v) is 8.46. The Kier molecular flexibility index (Phi) is 7.53. The van der Waals surface area contributed by atoms with E-state index in [2.05, 4.69) is 5.32 Å². The Bertz CT molecular complexity index is 1070. The van der Waals surface area contributed by atoms with Crippen LogP contribution in [0.1, 0.15) is 24.0 Å². The maximum atomic E-state index is 15.3. The zero-order valence-corrected chi connectivity index (χ0v) is 20.8. The highest BCUT2D eigenvalue weighted by atomic mass is 35.5. The van der Waals surface area contributed by atoms with Crippen LogP contribution in [0.5, 0.6) is 5.75 Å². The Hall–Kier alpha value is -1.87. The molecule has 0 aromatic heterocycles. The molecule has 5 rings (SSSR count). The van der Waals surface area contributed by atoms with Crippen molar-refractivity contribution in [2.75, 3.05) is 37.9 Å². The summed E-state index contributed by atoms with van der Waals surface area (Å²) in [5, 5.41) is 3.57. The van der Waals surface area contributed by atoms with Crippen molar-refractivity contribution in [3.63, 3.8) is 0 Å². The van der Waals surface area contributed by atoms with Gasteiger partial charge in [-0.15, -0.1) is 0 Å². The van der Waals surface area contributed by atoms with E-state index in [1.54, 1.807) is 11.8 Å². The van der Waals surface area contributed by atoms with Crippen LogP contribution in [0.4, 0.5) is 8.78 Å². The summed E-state index contributed by atoms with van der Waals surface area (Å²) in [7, 11) is 0. The van der Waals surface area contributed by atoms with Gasteiger partial charge in [0.15, 0.2) is 11.6 Å². The second kappa shape index (κ2) is 10.6. The van der Waals surface area contributed by atoms with E-state index in [-0.39, 0.29) is 36.3 Å². The molecule has 3 aliphatic heterocycles. The molecule has 0 bridgehead atoms. The number of hydrogen-bond acceptors (Lipinski definition) is 5. The number of thioether (sulfide) groups is 1. The van der Waals surface area contributed by atoms with Crippen molar-refractivity contribution in [1.82, 2.24) is 5.32 Å². The summed E-state index contributed by atoms with van der Waals surface area (Å²) in [6, 6.07) is 9.94. The van der Waals surface area contributed by atoms with Crippen LogP contribution in [-0.4, -0.2) is 56.0 Å². The Morgan fingerprint density at radius 2 is 1.89 bits per heavy atom. The van der Waals surface area contributed by atoms with Crippen molar-refractivity contribution in [2.24, 2.45) is 5.92 Å². The highest BCUT2D eigenvalue weighted by Gasteiger charge is 2.53. The average molecular weight is 524 g/mol. The molecular weight excluding hydrogens is 496 g/mol. The van der Waals surface area contributed by atoms with Gasteiger partial charge in [0.05, 0.1) is 37.7 Å². The first-order chi connectivity index (χ1) is 17.0. The van der Waals surface area contributed by atoms with Crippen molar-refractivity contribution in [3.8, 4) is 5.75 Å². The zero-order chi connectivity index (χ0) is 24.4. The second-order valence-corrected chi connectivity index (χ2v) is 11.0. The maximum absolute atomic E-state index is 15.3. The summed E-state index contributed by atoms with van der Waals surface area (Å²) >= 11 is 7.63. The van der Waals surface area contributed by atoms with Crippen molar-refractivity contribution < 1.29 is 27.8 Å². The number of amides is 1. The molecule has 1 amide bonds. The van der Waals surface area contributed by atoms with Gasteiger partial charge < -0.3 is 19.5 Å². The standard InChI is InChI=1S/C26H28ClF2NO4S/c27-17-3-1-16(2-4-17)11-26-8-9-33-22(7-10-35-15-23(31)30-18-12-32-13-18)19(26)14-34-25-21(29)6-5-20(28)24(25)26/h1-6,18-19,22H,7-15H2,(H,30,31)/t19-,22-,26-/m0/s1. The molecule has 2 aromatic carbocycles. The fraction of sp³-hybridized carbons (Fsp3) is 0.500. The maximum Gasteiger partial charge on any atom is 0.230 e. The molecule has 0 saturated carbocycles. The predicted molar refractivity (Wildman–Crippen MR) is 131 cm³/mol. The molecule has 3 aliphatic rings. The fourth-order valence-corrected chi connectivity index (χ4v) is 6.39. The van der Waals surface area contributed by atoms with Crippen LogP contribution in [-0.2, 0) is 26.1 Å². The number of fused-ring (bicyclic) bond motifs is 3. The SMILES string of the molecule is O=C(CSCC[C@@H]1OCC[C@@]2(Cc3ccc(Cl)cc3)c3c(F)ccc(F)c3OC[C@@H]12)NC1COC1. The van der Waals surface area contributed by atoms with Gasteiger partial charge in [-0.3, -0.25) is 4.79 Å². The van der Waals surface area contributed by atoms with E-state index < -0.39 is 17.0 Å². The van der Waals surface area contributed by atoms with E-state index in [0.29, 0.717) is 61.2 Å². The first kappa shape index (κ1) is 24.8. The molecule has 35 heavy (non-hydrogen) atoms. The number of nitrogens with one attached hydrogen (secondary N) is 1. The summed E-state index contributed by atoms with van der Waals surface area (Å²) in [6.07, 6.45) is 1.59. The van der Waals surface area contributed by atoms with Crippen LogP contribution >= 0.6 is 23.4 Å². The Morgan fingerprint density at radius 3 is 2.63 bits per heavy atom. The molecule has 1 N–H and O–H groups in total. The summed E-state index contributed by atoms with van der Waals surface area (Å²) in [5.41, 5.74) is 0.650. The predicted octanol–water partition coefficient (Wildman–Crippen LogP) is 4.53. The summed E-state index contributed by atoms with van der Waals surface area (Å²) in [6.45, 7) is 1.83.